The summed E-state index contributed by atoms with van der Waals surface area (Å²) < 4.78 is 0. The van der Waals surface area contributed by atoms with Crippen molar-refractivity contribution < 1.29 is 4.92 Å². The molecule has 2 atom stereocenters. The number of nitrogens with zero attached hydrogens (tertiary/aromatic N) is 2. The van der Waals surface area contributed by atoms with Gasteiger partial charge in [-0.3, -0.25) is 15.1 Å². The third kappa shape index (κ3) is 3.73. The zero-order chi connectivity index (χ0) is 14.6. The van der Waals surface area contributed by atoms with Crippen LogP contribution in [-0.4, -0.2) is 22.5 Å². The first kappa shape index (κ1) is 15.6. The summed E-state index contributed by atoms with van der Waals surface area (Å²) in [5, 5.41) is 14.5. The zero-order valence-corrected chi connectivity index (χ0v) is 12.3. The van der Waals surface area contributed by atoms with Crippen LogP contribution in [0.1, 0.15) is 45.0 Å². The maximum absolute atomic E-state index is 11.2. The van der Waals surface area contributed by atoms with E-state index in [1.165, 1.54) is 0 Å². The quantitative estimate of drug-likeness (QED) is 0.634. The third-order valence-electron chi connectivity index (χ3n) is 3.34. The van der Waals surface area contributed by atoms with Crippen LogP contribution in [0.4, 0.5) is 5.69 Å². The molecule has 1 aromatic rings. The molecule has 1 heterocycles. The van der Waals surface area contributed by atoms with E-state index in [-0.39, 0.29) is 28.5 Å². The van der Waals surface area contributed by atoms with Crippen molar-refractivity contribution in [2.45, 2.75) is 46.6 Å². The Balaban J connectivity index is 3.28. The Labute approximate surface area is 114 Å². The summed E-state index contributed by atoms with van der Waals surface area (Å²) in [6, 6.07) is 3.40. The Hall–Kier alpha value is -1.49. The summed E-state index contributed by atoms with van der Waals surface area (Å²) in [4.78, 5) is 15.3. The van der Waals surface area contributed by atoms with Crippen molar-refractivity contribution in [3.8, 4) is 0 Å². The molecule has 1 rings (SSSR count). The van der Waals surface area contributed by atoms with Crippen molar-refractivity contribution in [1.29, 1.82) is 0 Å². The standard InChI is InChI=1S/C14H23N3O2/c1-6-15-11(5)13(9(2)3)14-12(17(18)19)8-7-10(4)16-14/h7-9,11,13,15H,6H2,1-5H3. The van der Waals surface area contributed by atoms with Crippen LogP contribution >= 0.6 is 0 Å². The van der Waals surface area contributed by atoms with Gasteiger partial charge in [-0.1, -0.05) is 20.8 Å². The summed E-state index contributed by atoms with van der Waals surface area (Å²) in [6.07, 6.45) is 0. The monoisotopic (exact) mass is 265 g/mol. The Morgan fingerprint density at radius 2 is 2.00 bits per heavy atom. The minimum absolute atomic E-state index is 0.0280. The lowest BCUT2D eigenvalue weighted by molar-refractivity contribution is -0.386. The normalized spacial score (nSPS) is 14.4. The summed E-state index contributed by atoms with van der Waals surface area (Å²) >= 11 is 0. The summed E-state index contributed by atoms with van der Waals surface area (Å²) in [5.41, 5.74) is 1.53. The number of rotatable bonds is 6. The molecule has 0 saturated carbocycles. The molecule has 2 unspecified atom stereocenters. The van der Waals surface area contributed by atoms with Crippen LogP contribution in [0.5, 0.6) is 0 Å². The smallest absolute Gasteiger partial charge is 0.291 e. The van der Waals surface area contributed by atoms with E-state index in [1.54, 1.807) is 12.1 Å². The average molecular weight is 265 g/mol. The number of pyridine rings is 1. The summed E-state index contributed by atoms with van der Waals surface area (Å²) in [7, 11) is 0. The van der Waals surface area contributed by atoms with Gasteiger partial charge in [-0.05, 0) is 32.4 Å². The maximum Gasteiger partial charge on any atom is 0.291 e. The molecule has 1 N–H and O–H groups in total. The van der Waals surface area contributed by atoms with Crippen molar-refractivity contribution in [3.63, 3.8) is 0 Å². The molecule has 106 valence electrons. The Morgan fingerprint density at radius 3 is 2.47 bits per heavy atom. The van der Waals surface area contributed by atoms with Crippen LogP contribution in [0.25, 0.3) is 0 Å². The minimum atomic E-state index is -0.337. The van der Waals surface area contributed by atoms with E-state index in [0.29, 0.717) is 5.69 Å². The first-order valence-corrected chi connectivity index (χ1v) is 6.73. The van der Waals surface area contributed by atoms with Gasteiger partial charge in [0.25, 0.3) is 5.69 Å². The van der Waals surface area contributed by atoms with Crippen molar-refractivity contribution >= 4 is 5.69 Å². The van der Waals surface area contributed by atoms with Crippen LogP contribution < -0.4 is 5.32 Å². The summed E-state index contributed by atoms with van der Waals surface area (Å²) in [5.74, 6) is 0.308. The lowest BCUT2D eigenvalue weighted by atomic mass is 9.85. The van der Waals surface area contributed by atoms with E-state index in [9.17, 15) is 10.1 Å². The number of likely N-dealkylation sites (N-methyl/N-ethyl adjacent to an activating group) is 1. The van der Waals surface area contributed by atoms with Gasteiger partial charge in [0.1, 0.15) is 5.69 Å². The fourth-order valence-electron chi connectivity index (χ4n) is 2.55. The number of nitrogens with one attached hydrogen (secondary N) is 1. The van der Waals surface area contributed by atoms with Gasteiger partial charge in [0.05, 0.1) is 4.92 Å². The molecular formula is C14H23N3O2. The van der Waals surface area contributed by atoms with Crippen LogP contribution in [0.15, 0.2) is 12.1 Å². The molecule has 0 spiro atoms. The molecule has 19 heavy (non-hydrogen) atoms. The van der Waals surface area contributed by atoms with Crippen molar-refractivity contribution in [3.05, 3.63) is 33.6 Å². The van der Waals surface area contributed by atoms with Gasteiger partial charge in [-0.25, -0.2) is 0 Å². The van der Waals surface area contributed by atoms with Crippen LogP contribution in [-0.2, 0) is 0 Å². The number of nitro groups is 1. The third-order valence-corrected chi connectivity index (χ3v) is 3.34. The zero-order valence-electron chi connectivity index (χ0n) is 12.3. The first-order valence-electron chi connectivity index (χ1n) is 6.73. The van der Waals surface area contributed by atoms with Crippen molar-refractivity contribution in [1.82, 2.24) is 10.3 Å². The van der Waals surface area contributed by atoms with E-state index < -0.39 is 0 Å². The second-order valence-electron chi connectivity index (χ2n) is 5.23. The fourth-order valence-corrected chi connectivity index (χ4v) is 2.55. The van der Waals surface area contributed by atoms with E-state index in [1.807, 2.05) is 13.8 Å². The predicted molar refractivity (Wildman–Crippen MR) is 76.3 cm³/mol. The first-order chi connectivity index (χ1) is 8.88. The van der Waals surface area contributed by atoms with Gasteiger partial charge in [0.2, 0.25) is 0 Å². The molecule has 1 aromatic heterocycles. The molecule has 0 fully saturated rings. The summed E-state index contributed by atoms with van der Waals surface area (Å²) in [6.45, 7) is 10.9. The highest BCUT2D eigenvalue weighted by atomic mass is 16.6. The molecule has 0 radical (unpaired) electrons. The molecule has 5 nitrogen and oxygen atoms in total. The number of hydrogen-bond donors (Lipinski definition) is 1. The van der Waals surface area contributed by atoms with Gasteiger partial charge in [0, 0.05) is 23.7 Å². The molecule has 0 aliphatic rings. The molecule has 0 saturated heterocycles. The lowest BCUT2D eigenvalue weighted by Gasteiger charge is -2.27. The maximum atomic E-state index is 11.2. The molecule has 5 heteroatoms. The molecule has 0 aliphatic carbocycles. The van der Waals surface area contributed by atoms with E-state index in [2.05, 4.69) is 31.1 Å². The highest BCUT2D eigenvalue weighted by Gasteiger charge is 2.30. The minimum Gasteiger partial charge on any atom is -0.314 e. The van der Waals surface area contributed by atoms with Crippen LogP contribution in [0, 0.1) is 23.0 Å². The van der Waals surface area contributed by atoms with Gasteiger partial charge in [-0.2, -0.15) is 0 Å². The molecule has 0 aromatic carbocycles. The predicted octanol–water partition coefficient (Wildman–Crippen LogP) is 3.04. The van der Waals surface area contributed by atoms with E-state index >= 15 is 0 Å². The average Bonchev–Trinajstić information content (AvgIpc) is 2.28. The molecular weight excluding hydrogens is 242 g/mol. The highest BCUT2D eigenvalue weighted by molar-refractivity contribution is 5.39. The van der Waals surface area contributed by atoms with Crippen molar-refractivity contribution in [2.75, 3.05) is 6.54 Å². The SMILES string of the molecule is CCNC(C)C(c1nc(C)ccc1[N+](=O)[O-])C(C)C. The van der Waals surface area contributed by atoms with Gasteiger partial charge < -0.3 is 5.32 Å². The van der Waals surface area contributed by atoms with Gasteiger partial charge in [-0.15, -0.1) is 0 Å². The van der Waals surface area contributed by atoms with E-state index in [0.717, 1.165) is 12.2 Å². The fraction of sp³-hybridized carbons (Fsp3) is 0.643. The topological polar surface area (TPSA) is 68.1 Å². The Bertz CT molecular complexity index is 446. The van der Waals surface area contributed by atoms with Gasteiger partial charge in [0.15, 0.2) is 0 Å². The van der Waals surface area contributed by atoms with E-state index in [4.69, 9.17) is 0 Å². The van der Waals surface area contributed by atoms with Gasteiger partial charge >= 0.3 is 0 Å². The highest BCUT2D eigenvalue weighted by Crippen LogP contribution is 2.33. The molecule has 0 amide bonds. The van der Waals surface area contributed by atoms with Crippen LogP contribution in [0.2, 0.25) is 0 Å². The molecule has 0 bridgehead atoms. The lowest BCUT2D eigenvalue weighted by Crippen LogP contribution is -2.35. The largest absolute Gasteiger partial charge is 0.314 e. The molecule has 0 aliphatic heterocycles. The number of aromatic nitrogens is 1. The number of aryl methyl sites for hydroxylation is 1. The van der Waals surface area contributed by atoms with Crippen LogP contribution in [0.3, 0.4) is 0 Å². The Kier molecular flexibility index (Phi) is 5.42. The second-order valence-corrected chi connectivity index (χ2v) is 5.23. The Morgan fingerprint density at radius 1 is 1.37 bits per heavy atom. The van der Waals surface area contributed by atoms with Crippen molar-refractivity contribution in [2.24, 2.45) is 5.92 Å². The second kappa shape index (κ2) is 6.61. The number of hydrogen-bond acceptors (Lipinski definition) is 4.